The second kappa shape index (κ2) is 6.77. The lowest BCUT2D eigenvalue weighted by Crippen LogP contribution is -2.13. The molecule has 0 aromatic carbocycles. The molecule has 4 nitrogen and oxygen atoms in total. The summed E-state index contributed by atoms with van der Waals surface area (Å²) in [6.45, 7) is 0. The Morgan fingerprint density at radius 2 is 1.69 bits per heavy atom. The van der Waals surface area contributed by atoms with Crippen molar-refractivity contribution in [2.24, 2.45) is 5.92 Å². The van der Waals surface area contributed by atoms with Gasteiger partial charge in [0, 0.05) is 12.8 Å². The van der Waals surface area contributed by atoms with E-state index in [1.165, 1.54) is 0 Å². The maximum atomic E-state index is 10.4. The van der Waals surface area contributed by atoms with E-state index in [1.807, 2.05) is 6.26 Å². The molecule has 0 unspecified atom stereocenters. The SMILES string of the molecule is CSCCC(CC(=O)O)CC(=O)O. The van der Waals surface area contributed by atoms with Crippen LogP contribution in [0.15, 0.2) is 0 Å². The van der Waals surface area contributed by atoms with Crippen LogP contribution in [-0.4, -0.2) is 34.2 Å². The molecular formula is C8H14O4S. The van der Waals surface area contributed by atoms with Crippen LogP contribution in [-0.2, 0) is 9.59 Å². The molecule has 0 saturated carbocycles. The zero-order chi connectivity index (χ0) is 10.3. The number of hydrogen-bond donors (Lipinski definition) is 2. The summed E-state index contributed by atoms with van der Waals surface area (Å²) in [6.07, 6.45) is 2.47. The largest absolute Gasteiger partial charge is 0.481 e. The van der Waals surface area contributed by atoms with Crippen LogP contribution in [0.2, 0.25) is 0 Å². The number of hydrogen-bond acceptors (Lipinski definition) is 3. The minimum Gasteiger partial charge on any atom is -0.481 e. The summed E-state index contributed by atoms with van der Waals surface area (Å²) in [7, 11) is 0. The molecule has 0 aliphatic rings. The minimum absolute atomic E-state index is 0.0488. The molecule has 0 aliphatic carbocycles. The molecule has 0 amide bonds. The van der Waals surface area contributed by atoms with Gasteiger partial charge in [-0.15, -0.1) is 0 Å². The molecule has 2 N–H and O–H groups in total. The van der Waals surface area contributed by atoms with Gasteiger partial charge in [-0.25, -0.2) is 0 Å². The van der Waals surface area contributed by atoms with Gasteiger partial charge in [-0.2, -0.15) is 11.8 Å². The molecule has 0 saturated heterocycles. The molecule has 0 rings (SSSR count). The fraction of sp³-hybridized carbons (Fsp3) is 0.750. The highest BCUT2D eigenvalue weighted by atomic mass is 32.2. The second-order valence-corrected chi connectivity index (χ2v) is 3.83. The summed E-state index contributed by atoms with van der Waals surface area (Å²) in [5, 5.41) is 17.0. The van der Waals surface area contributed by atoms with Crippen molar-refractivity contribution in [3.05, 3.63) is 0 Å². The Morgan fingerprint density at radius 1 is 1.23 bits per heavy atom. The minimum atomic E-state index is -0.924. The van der Waals surface area contributed by atoms with Crippen molar-refractivity contribution >= 4 is 23.7 Å². The fourth-order valence-electron chi connectivity index (χ4n) is 1.05. The monoisotopic (exact) mass is 206 g/mol. The summed E-state index contributed by atoms with van der Waals surface area (Å²) in [5.41, 5.74) is 0. The molecule has 13 heavy (non-hydrogen) atoms. The number of carboxylic acids is 2. The lowest BCUT2D eigenvalue weighted by Gasteiger charge is -2.10. The first-order valence-electron chi connectivity index (χ1n) is 3.98. The summed E-state index contributed by atoms with van der Waals surface area (Å²) in [6, 6.07) is 0. The Labute approximate surface area is 81.3 Å². The quantitative estimate of drug-likeness (QED) is 0.656. The van der Waals surface area contributed by atoms with E-state index < -0.39 is 11.9 Å². The van der Waals surface area contributed by atoms with Crippen molar-refractivity contribution in [1.82, 2.24) is 0 Å². The van der Waals surface area contributed by atoms with E-state index in [2.05, 4.69) is 0 Å². The molecule has 0 aliphatic heterocycles. The van der Waals surface area contributed by atoms with E-state index in [0.717, 1.165) is 5.75 Å². The van der Waals surface area contributed by atoms with Crippen LogP contribution in [0, 0.1) is 5.92 Å². The van der Waals surface area contributed by atoms with Crippen molar-refractivity contribution in [2.45, 2.75) is 19.3 Å². The Hall–Kier alpha value is -0.710. The zero-order valence-electron chi connectivity index (χ0n) is 7.52. The molecule has 0 aromatic rings. The first kappa shape index (κ1) is 12.3. The molecule has 0 heterocycles. The van der Waals surface area contributed by atoms with Crippen LogP contribution in [0.4, 0.5) is 0 Å². The van der Waals surface area contributed by atoms with E-state index in [0.29, 0.717) is 6.42 Å². The van der Waals surface area contributed by atoms with Crippen molar-refractivity contribution in [3.8, 4) is 0 Å². The van der Waals surface area contributed by atoms with Crippen LogP contribution in [0.25, 0.3) is 0 Å². The van der Waals surface area contributed by atoms with Gasteiger partial charge in [0.05, 0.1) is 0 Å². The number of aliphatic carboxylic acids is 2. The van der Waals surface area contributed by atoms with Crippen LogP contribution in [0.3, 0.4) is 0 Å². The Morgan fingerprint density at radius 3 is 2.00 bits per heavy atom. The Balaban J connectivity index is 3.87. The van der Waals surface area contributed by atoms with Gasteiger partial charge >= 0.3 is 11.9 Å². The first-order valence-corrected chi connectivity index (χ1v) is 5.38. The average molecular weight is 206 g/mol. The highest BCUT2D eigenvalue weighted by Gasteiger charge is 2.16. The molecule has 76 valence electrons. The van der Waals surface area contributed by atoms with Gasteiger partial charge < -0.3 is 10.2 Å². The summed E-state index contributed by atoms with van der Waals surface area (Å²) < 4.78 is 0. The number of rotatable bonds is 7. The highest BCUT2D eigenvalue weighted by Crippen LogP contribution is 2.15. The molecule has 0 aromatic heterocycles. The molecule has 0 fully saturated rings. The maximum absolute atomic E-state index is 10.4. The third-order valence-electron chi connectivity index (χ3n) is 1.66. The van der Waals surface area contributed by atoms with E-state index in [-0.39, 0.29) is 18.8 Å². The predicted molar refractivity (Wildman–Crippen MR) is 51.0 cm³/mol. The second-order valence-electron chi connectivity index (χ2n) is 2.84. The van der Waals surface area contributed by atoms with E-state index in [4.69, 9.17) is 10.2 Å². The Kier molecular flexibility index (Phi) is 6.40. The topological polar surface area (TPSA) is 74.6 Å². The summed E-state index contributed by atoms with van der Waals surface area (Å²) >= 11 is 1.60. The first-order chi connectivity index (χ1) is 6.06. The molecular weight excluding hydrogens is 192 g/mol. The number of thioether (sulfide) groups is 1. The van der Waals surface area contributed by atoms with Crippen LogP contribution in [0.5, 0.6) is 0 Å². The van der Waals surface area contributed by atoms with Crippen molar-refractivity contribution < 1.29 is 19.8 Å². The normalized spacial score (nSPS) is 10.3. The fourth-order valence-corrected chi connectivity index (χ4v) is 1.62. The number of carboxylic acid groups (broad SMARTS) is 2. The lowest BCUT2D eigenvalue weighted by atomic mass is 9.99. The molecule has 0 bridgehead atoms. The standard InChI is InChI=1S/C8H14O4S/c1-13-3-2-6(4-7(9)10)5-8(11)12/h6H,2-5H2,1H3,(H,9,10)(H,11,12). The van der Waals surface area contributed by atoms with Gasteiger partial charge in [0.25, 0.3) is 0 Å². The number of carbonyl (C=O) groups is 2. The average Bonchev–Trinajstić information content (AvgIpc) is 1.98. The maximum Gasteiger partial charge on any atom is 0.303 e. The summed E-state index contributed by atoms with van der Waals surface area (Å²) in [5.74, 6) is -1.27. The van der Waals surface area contributed by atoms with E-state index >= 15 is 0 Å². The molecule has 5 heteroatoms. The van der Waals surface area contributed by atoms with Gasteiger partial charge in [-0.3, -0.25) is 9.59 Å². The third kappa shape index (κ3) is 7.64. The van der Waals surface area contributed by atoms with Crippen LogP contribution < -0.4 is 0 Å². The van der Waals surface area contributed by atoms with Gasteiger partial charge in [-0.1, -0.05) is 0 Å². The highest BCUT2D eigenvalue weighted by molar-refractivity contribution is 7.98. The van der Waals surface area contributed by atoms with Gasteiger partial charge in [0.15, 0.2) is 0 Å². The van der Waals surface area contributed by atoms with Gasteiger partial charge in [-0.05, 0) is 24.3 Å². The summed E-state index contributed by atoms with van der Waals surface area (Å²) in [4.78, 5) is 20.7. The van der Waals surface area contributed by atoms with E-state index in [1.54, 1.807) is 11.8 Å². The van der Waals surface area contributed by atoms with Crippen molar-refractivity contribution in [3.63, 3.8) is 0 Å². The van der Waals surface area contributed by atoms with Gasteiger partial charge in [0.2, 0.25) is 0 Å². The van der Waals surface area contributed by atoms with Gasteiger partial charge in [0.1, 0.15) is 0 Å². The predicted octanol–water partition coefficient (Wildman–Crippen LogP) is 1.31. The van der Waals surface area contributed by atoms with Crippen LogP contribution in [0.1, 0.15) is 19.3 Å². The lowest BCUT2D eigenvalue weighted by molar-refractivity contribution is -0.140. The Bertz CT molecular complexity index is 165. The van der Waals surface area contributed by atoms with Crippen LogP contribution >= 0.6 is 11.8 Å². The zero-order valence-corrected chi connectivity index (χ0v) is 8.34. The van der Waals surface area contributed by atoms with E-state index in [9.17, 15) is 9.59 Å². The molecule has 0 radical (unpaired) electrons. The molecule has 0 atom stereocenters. The van der Waals surface area contributed by atoms with Crippen molar-refractivity contribution in [2.75, 3.05) is 12.0 Å². The molecule has 0 spiro atoms. The van der Waals surface area contributed by atoms with Crippen molar-refractivity contribution in [1.29, 1.82) is 0 Å². The third-order valence-corrected chi connectivity index (χ3v) is 2.30. The smallest absolute Gasteiger partial charge is 0.303 e.